The van der Waals surface area contributed by atoms with E-state index in [1.807, 2.05) is 66.2 Å². The molecule has 1 heterocycles. The van der Waals surface area contributed by atoms with E-state index in [0.717, 1.165) is 35.0 Å². The first kappa shape index (κ1) is 26.2. The lowest BCUT2D eigenvalue weighted by atomic mass is 10.1. The van der Waals surface area contributed by atoms with E-state index in [2.05, 4.69) is 18.7 Å². The number of aliphatic hydroxyl groups excluding tert-OH is 1. The summed E-state index contributed by atoms with van der Waals surface area (Å²) >= 11 is 0. The Kier molecular flexibility index (Phi) is 9.02. The van der Waals surface area contributed by atoms with Crippen molar-refractivity contribution in [3.8, 4) is 23.1 Å². The van der Waals surface area contributed by atoms with Crippen molar-refractivity contribution in [3.05, 3.63) is 65.9 Å². The zero-order chi connectivity index (χ0) is 25.5. The van der Waals surface area contributed by atoms with E-state index in [1.165, 1.54) is 12.8 Å². The Balaban J connectivity index is 1.73. The van der Waals surface area contributed by atoms with Gasteiger partial charge in [0, 0.05) is 26.2 Å². The molecule has 0 spiro atoms. The second kappa shape index (κ2) is 12.4. The van der Waals surface area contributed by atoms with E-state index in [0.29, 0.717) is 38.1 Å². The Morgan fingerprint density at radius 2 is 1.78 bits per heavy atom. The summed E-state index contributed by atoms with van der Waals surface area (Å²) in [5.74, 6) is 3.14. The van der Waals surface area contributed by atoms with Crippen LogP contribution < -0.4 is 9.47 Å². The summed E-state index contributed by atoms with van der Waals surface area (Å²) in [5.41, 5.74) is 2.95. The van der Waals surface area contributed by atoms with Crippen LogP contribution in [0.2, 0.25) is 0 Å². The first-order valence-electron chi connectivity index (χ1n) is 13.0. The topological polar surface area (TPSA) is 69.0 Å². The predicted molar refractivity (Wildman–Crippen MR) is 141 cm³/mol. The van der Waals surface area contributed by atoms with Crippen LogP contribution >= 0.6 is 0 Å². The third-order valence-electron chi connectivity index (χ3n) is 6.37. The number of nitrogens with zero attached hydrogens (tertiary/aromatic N) is 3. The summed E-state index contributed by atoms with van der Waals surface area (Å²) in [6.07, 6.45) is 1.95. The number of hydrogen-bond donors (Lipinski definition) is 1. The molecule has 1 aliphatic carbocycles. The van der Waals surface area contributed by atoms with Gasteiger partial charge < -0.3 is 19.3 Å². The lowest BCUT2D eigenvalue weighted by Crippen LogP contribution is -2.36. The number of benzene rings is 2. The van der Waals surface area contributed by atoms with Crippen LogP contribution in [-0.4, -0.2) is 59.3 Å². The fourth-order valence-corrected chi connectivity index (χ4v) is 4.36. The average Bonchev–Trinajstić information content (AvgIpc) is 3.63. The van der Waals surface area contributed by atoms with Crippen LogP contribution in [-0.2, 0) is 11.3 Å². The molecule has 0 aliphatic heterocycles. The highest BCUT2D eigenvalue weighted by Crippen LogP contribution is 2.36. The van der Waals surface area contributed by atoms with Crippen molar-refractivity contribution in [2.75, 3.05) is 33.4 Å². The molecular weight excluding hydrogens is 454 g/mol. The predicted octanol–water partition coefficient (Wildman–Crippen LogP) is 5.41. The van der Waals surface area contributed by atoms with Crippen molar-refractivity contribution in [3.63, 3.8) is 0 Å². The molecule has 4 rings (SSSR count). The van der Waals surface area contributed by atoms with Gasteiger partial charge in [-0.05, 0) is 68.0 Å². The van der Waals surface area contributed by atoms with Crippen LogP contribution in [0.1, 0.15) is 50.8 Å². The van der Waals surface area contributed by atoms with E-state index < -0.39 is 6.10 Å². The van der Waals surface area contributed by atoms with Crippen molar-refractivity contribution in [2.45, 2.75) is 52.2 Å². The molecule has 1 unspecified atom stereocenters. The number of aliphatic hydroxyl groups is 1. The molecule has 36 heavy (non-hydrogen) atoms. The molecule has 1 aromatic heterocycles. The van der Waals surface area contributed by atoms with Gasteiger partial charge in [0.25, 0.3) is 0 Å². The molecule has 1 fully saturated rings. The standard InChI is InChI=1S/C29H39N3O4/c1-5-35-20-24(33)18-31(17-22-11-12-22)19-27-28(21(2)3)30-32(23-13-15-25(34-4)16-14-23)29(27)36-26-9-7-6-8-10-26/h6-10,13-16,21-22,24,33H,5,11-12,17-20H2,1-4H3. The highest BCUT2D eigenvalue weighted by atomic mass is 16.5. The summed E-state index contributed by atoms with van der Waals surface area (Å²) < 4.78 is 19.3. The first-order chi connectivity index (χ1) is 17.5. The number of ether oxygens (including phenoxy) is 3. The zero-order valence-corrected chi connectivity index (χ0v) is 21.9. The SMILES string of the molecule is CCOCC(O)CN(Cc1c(C(C)C)nn(-c2ccc(OC)cc2)c1Oc1ccccc1)CC1CC1. The Morgan fingerprint density at radius 1 is 1.06 bits per heavy atom. The number of hydrogen-bond acceptors (Lipinski definition) is 6. The van der Waals surface area contributed by atoms with Crippen LogP contribution in [0.15, 0.2) is 54.6 Å². The first-order valence-corrected chi connectivity index (χ1v) is 13.0. The van der Waals surface area contributed by atoms with Crippen LogP contribution in [0.3, 0.4) is 0 Å². The molecule has 0 radical (unpaired) electrons. The molecule has 194 valence electrons. The van der Waals surface area contributed by atoms with E-state index in [1.54, 1.807) is 7.11 Å². The molecule has 7 nitrogen and oxygen atoms in total. The smallest absolute Gasteiger partial charge is 0.227 e. The second-order valence-electron chi connectivity index (χ2n) is 9.80. The molecule has 1 N–H and O–H groups in total. The summed E-state index contributed by atoms with van der Waals surface area (Å²) in [5, 5.41) is 15.7. The number of methoxy groups -OCH3 is 1. The highest BCUT2D eigenvalue weighted by molar-refractivity contribution is 5.46. The van der Waals surface area contributed by atoms with Crippen LogP contribution in [0.25, 0.3) is 5.69 Å². The molecule has 1 saturated carbocycles. The van der Waals surface area contributed by atoms with Gasteiger partial charge in [-0.2, -0.15) is 5.10 Å². The number of aromatic nitrogens is 2. The number of para-hydroxylation sites is 1. The zero-order valence-electron chi connectivity index (χ0n) is 21.9. The quantitative estimate of drug-likeness (QED) is 0.324. The normalized spacial score (nSPS) is 14.4. The molecule has 7 heteroatoms. The van der Waals surface area contributed by atoms with Crippen LogP contribution in [0.5, 0.6) is 17.4 Å². The fraction of sp³-hybridized carbons (Fsp3) is 0.483. The van der Waals surface area contributed by atoms with Gasteiger partial charge in [-0.1, -0.05) is 32.0 Å². The van der Waals surface area contributed by atoms with Crippen molar-refractivity contribution < 1.29 is 19.3 Å². The summed E-state index contributed by atoms with van der Waals surface area (Å²) in [6.45, 7) is 9.34. The Morgan fingerprint density at radius 3 is 2.39 bits per heavy atom. The molecule has 0 saturated heterocycles. The highest BCUT2D eigenvalue weighted by Gasteiger charge is 2.29. The minimum Gasteiger partial charge on any atom is -0.497 e. The van der Waals surface area contributed by atoms with Gasteiger partial charge in [0.2, 0.25) is 5.88 Å². The molecule has 0 bridgehead atoms. The molecule has 0 amide bonds. The molecule has 1 atom stereocenters. The third kappa shape index (κ3) is 6.87. The van der Waals surface area contributed by atoms with Gasteiger partial charge in [0.15, 0.2) is 0 Å². The maximum Gasteiger partial charge on any atom is 0.227 e. The molecule has 2 aromatic carbocycles. The van der Waals surface area contributed by atoms with Crippen molar-refractivity contribution >= 4 is 0 Å². The summed E-state index contributed by atoms with van der Waals surface area (Å²) in [7, 11) is 1.66. The molecule has 3 aromatic rings. The second-order valence-corrected chi connectivity index (χ2v) is 9.80. The van der Waals surface area contributed by atoms with Gasteiger partial charge in [-0.3, -0.25) is 4.90 Å². The Bertz CT molecular complexity index is 1080. The van der Waals surface area contributed by atoms with Gasteiger partial charge >= 0.3 is 0 Å². The van der Waals surface area contributed by atoms with E-state index in [9.17, 15) is 5.11 Å². The van der Waals surface area contributed by atoms with E-state index in [-0.39, 0.29) is 5.92 Å². The summed E-state index contributed by atoms with van der Waals surface area (Å²) in [6, 6.07) is 17.7. The van der Waals surface area contributed by atoms with Crippen molar-refractivity contribution in [2.24, 2.45) is 5.92 Å². The van der Waals surface area contributed by atoms with Crippen LogP contribution in [0.4, 0.5) is 0 Å². The Labute approximate surface area is 214 Å². The molecule has 1 aliphatic rings. The van der Waals surface area contributed by atoms with Crippen LogP contribution in [0, 0.1) is 5.92 Å². The largest absolute Gasteiger partial charge is 0.497 e. The van der Waals surface area contributed by atoms with E-state index in [4.69, 9.17) is 19.3 Å². The number of rotatable bonds is 14. The lowest BCUT2D eigenvalue weighted by molar-refractivity contribution is 0.0185. The van der Waals surface area contributed by atoms with Crippen molar-refractivity contribution in [1.29, 1.82) is 0 Å². The maximum absolute atomic E-state index is 10.6. The monoisotopic (exact) mass is 493 g/mol. The van der Waals surface area contributed by atoms with Gasteiger partial charge in [-0.25, -0.2) is 4.68 Å². The fourth-order valence-electron chi connectivity index (χ4n) is 4.36. The van der Waals surface area contributed by atoms with Gasteiger partial charge in [0.05, 0.1) is 36.8 Å². The Hall–Kier alpha value is -2.87. The maximum atomic E-state index is 10.6. The van der Waals surface area contributed by atoms with Gasteiger partial charge in [0.1, 0.15) is 11.5 Å². The third-order valence-corrected chi connectivity index (χ3v) is 6.37. The lowest BCUT2D eigenvalue weighted by Gasteiger charge is -2.26. The van der Waals surface area contributed by atoms with E-state index >= 15 is 0 Å². The van der Waals surface area contributed by atoms with Gasteiger partial charge in [-0.15, -0.1) is 0 Å². The molecular formula is C29H39N3O4. The van der Waals surface area contributed by atoms with Crippen molar-refractivity contribution in [1.82, 2.24) is 14.7 Å². The minimum absolute atomic E-state index is 0.203. The minimum atomic E-state index is -0.540. The summed E-state index contributed by atoms with van der Waals surface area (Å²) in [4.78, 5) is 2.33. The average molecular weight is 494 g/mol.